The van der Waals surface area contributed by atoms with E-state index in [1.165, 1.54) is 12.1 Å². The van der Waals surface area contributed by atoms with Crippen molar-refractivity contribution in [2.75, 3.05) is 13.2 Å². The van der Waals surface area contributed by atoms with Crippen molar-refractivity contribution in [1.82, 2.24) is 0 Å². The lowest BCUT2D eigenvalue weighted by molar-refractivity contribution is -0.935. The lowest BCUT2D eigenvalue weighted by Gasteiger charge is -2.31. The van der Waals surface area contributed by atoms with Gasteiger partial charge in [0.1, 0.15) is 6.54 Å². The molecule has 2 rings (SSSR count). The van der Waals surface area contributed by atoms with Gasteiger partial charge in [-0.15, -0.1) is 0 Å². The number of nitro groups is 1. The Morgan fingerprint density at radius 3 is 2.91 bits per heavy atom. The van der Waals surface area contributed by atoms with E-state index in [0.717, 1.165) is 30.7 Å². The first-order valence-corrected chi connectivity index (χ1v) is 7.48. The van der Waals surface area contributed by atoms with Gasteiger partial charge in [-0.05, 0) is 25.5 Å². The molecule has 0 spiro atoms. The molecule has 2 atom stereocenters. The summed E-state index contributed by atoms with van der Waals surface area (Å²) in [5, 5.41) is 22.3. The van der Waals surface area contributed by atoms with E-state index in [1.807, 2.05) is 0 Å². The SMILES string of the molecule is CCOC(=O)[C@H]1CCCC[NH+]1Cc1ccc([O-])c([N+](=O)[O-])c1. The van der Waals surface area contributed by atoms with Crippen LogP contribution in [-0.4, -0.2) is 30.1 Å². The summed E-state index contributed by atoms with van der Waals surface area (Å²) in [5.41, 5.74) is 0.277. The molecule has 0 bridgehead atoms. The number of nitro benzene ring substituents is 1. The number of nitrogens with one attached hydrogen (secondary N) is 1. The smallest absolute Gasteiger partial charge is 0.364 e. The number of esters is 1. The van der Waals surface area contributed by atoms with E-state index in [9.17, 15) is 20.0 Å². The van der Waals surface area contributed by atoms with Gasteiger partial charge >= 0.3 is 5.97 Å². The third-order valence-corrected chi connectivity index (χ3v) is 3.96. The van der Waals surface area contributed by atoms with Gasteiger partial charge in [0, 0.05) is 18.1 Å². The summed E-state index contributed by atoms with van der Waals surface area (Å²) in [6.45, 7) is 3.41. The van der Waals surface area contributed by atoms with Crippen molar-refractivity contribution in [2.24, 2.45) is 0 Å². The quantitative estimate of drug-likeness (QED) is 0.475. The highest BCUT2D eigenvalue weighted by Crippen LogP contribution is 2.23. The van der Waals surface area contributed by atoms with Crippen molar-refractivity contribution in [3.05, 3.63) is 33.9 Å². The zero-order chi connectivity index (χ0) is 16.1. The van der Waals surface area contributed by atoms with Gasteiger partial charge in [0.05, 0.1) is 18.1 Å². The van der Waals surface area contributed by atoms with Gasteiger partial charge in [-0.3, -0.25) is 10.1 Å². The van der Waals surface area contributed by atoms with Gasteiger partial charge in [0.15, 0.2) is 6.04 Å². The number of carbonyl (C=O) groups is 1. The van der Waals surface area contributed by atoms with Crippen LogP contribution < -0.4 is 10.0 Å². The van der Waals surface area contributed by atoms with Crippen LogP contribution in [0.2, 0.25) is 0 Å². The van der Waals surface area contributed by atoms with Crippen molar-refractivity contribution in [1.29, 1.82) is 0 Å². The van der Waals surface area contributed by atoms with Crippen LogP contribution in [0.1, 0.15) is 31.7 Å². The van der Waals surface area contributed by atoms with Crippen molar-refractivity contribution in [3.63, 3.8) is 0 Å². The van der Waals surface area contributed by atoms with Gasteiger partial charge in [0.25, 0.3) is 5.69 Å². The molecule has 0 aliphatic carbocycles. The van der Waals surface area contributed by atoms with E-state index in [-0.39, 0.29) is 12.0 Å². The summed E-state index contributed by atoms with van der Waals surface area (Å²) in [6.07, 6.45) is 2.75. The molecule has 1 unspecified atom stereocenters. The van der Waals surface area contributed by atoms with E-state index in [0.29, 0.717) is 18.7 Å². The minimum absolute atomic E-state index is 0.216. The molecule has 7 heteroatoms. The second kappa shape index (κ2) is 7.22. The molecular weight excluding hydrogens is 288 g/mol. The molecule has 7 nitrogen and oxygen atoms in total. The third kappa shape index (κ3) is 3.73. The van der Waals surface area contributed by atoms with E-state index in [1.54, 1.807) is 13.0 Å². The largest absolute Gasteiger partial charge is 0.868 e. The molecule has 1 aromatic rings. The topological polar surface area (TPSA) is 96.9 Å². The number of hydrogen-bond acceptors (Lipinski definition) is 5. The van der Waals surface area contributed by atoms with Crippen molar-refractivity contribution >= 4 is 11.7 Å². The van der Waals surface area contributed by atoms with Gasteiger partial charge in [0.2, 0.25) is 0 Å². The normalized spacial score (nSPS) is 21.3. The molecule has 1 saturated heterocycles. The predicted molar refractivity (Wildman–Crippen MR) is 76.3 cm³/mol. The number of carbonyl (C=O) groups excluding carboxylic acids is 1. The van der Waals surface area contributed by atoms with Crippen molar-refractivity contribution in [3.8, 4) is 5.75 Å². The third-order valence-electron chi connectivity index (χ3n) is 3.96. The number of quaternary nitrogens is 1. The Kier molecular flexibility index (Phi) is 5.32. The zero-order valence-electron chi connectivity index (χ0n) is 12.5. The summed E-state index contributed by atoms with van der Waals surface area (Å²) >= 11 is 0. The first-order chi connectivity index (χ1) is 10.5. The van der Waals surface area contributed by atoms with Crippen molar-refractivity contribution < 1.29 is 24.5 Å². The Bertz CT molecular complexity index is 561. The second-order valence-corrected chi connectivity index (χ2v) is 5.44. The van der Waals surface area contributed by atoms with E-state index < -0.39 is 16.4 Å². The van der Waals surface area contributed by atoms with Crippen LogP contribution in [0.5, 0.6) is 5.75 Å². The highest BCUT2D eigenvalue weighted by Gasteiger charge is 2.33. The van der Waals surface area contributed by atoms with E-state index >= 15 is 0 Å². The van der Waals surface area contributed by atoms with Crippen molar-refractivity contribution in [2.45, 2.75) is 38.8 Å². The molecule has 22 heavy (non-hydrogen) atoms. The Morgan fingerprint density at radius 1 is 1.45 bits per heavy atom. The highest BCUT2D eigenvalue weighted by molar-refractivity contribution is 5.74. The monoisotopic (exact) mass is 308 g/mol. The molecule has 1 aliphatic heterocycles. The Morgan fingerprint density at radius 2 is 2.23 bits per heavy atom. The Hall–Kier alpha value is -2.15. The fourth-order valence-electron chi connectivity index (χ4n) is 2.90. The molecule has 120 valence electrons. The molecule has 1 aromatic carbocycles. The maximum atomic E-state index is 12.0. The van der Waals surface area contributed by atoms with Gasteiger partial charge in [-0.1, -0.05) is 12.1 Å². The summed E-state index contributed by atoms with van der Waals surface area (Å²) < 4.78 is 5.11. The summed E-state index contributed by atoms with van der Waals surface area (Å²) in [6, 6.07) is 3.89. The Balaban J connectivity index is 2.15. The highest BCUT2D eigenvalue weighted by atomic mass is 16.6. The molecule has 1 heterocycles. The van der Waals surface area contributed by atoms with Crippen LogP contribution in [-0.2, 0) is 16.1 Å². The number of ether oxygens (including phenoxy) is 1. The zero-order valence-corrected chi connectivity index (χ0v) is 12.5. The van der Waals surface area contributed by atoms with Gasteiger partial charge in [-0.2, -0.15) is 0 Å². The van der Waals surface area contributed by atoms with Crippen LogP contribution in [0.3, 0.4) is 0 Å². The first kappa shape index (κ1) is 16.2. The number of rotatable bonds is 5. The molecule has 0 radical (unpaired) electrons. The number of nitrogens with zero attached hydrogens (tertiary/aromatic N) is 1. The molecular formula is C15H20N2O5. The predicted octanol–water partition coefficient (Wildman–Crippen LogP) is 0.169. The van der Waals surface area contributed by atoms with E-state index in [2.05, 4.69) is 0 Å². The molecule has 0 amide bonds. The minimum atomic E-state index is -0.666. The lowest BCUT2D eigenvalue weighted by atomic mass is 10.0. The Labute approximate surface area is 128 Å². The number of piperidine rings is 1. The lowest BCUT2D eigenvalue weighted by Crippen LogP contribution is -3.16. The number of benzene rings is 1. The standard InChI is InChI=1S/C15H20N2O5/c1-2-22-15(19)12-5-3-4-8-16(12)10-11-6-7-14(18)13(9-11)17(20)21/h6-7,9,12,18H,2-5,8,10H2,1H3/t12-/m1/s1. The number of hydrogen-bond donors (Lipinski definition) is 1. The summed E-state index contributed by atoms with van der Waals surface area (Å²) in [5.74, 6) is -0.809. The molecule has 1 aliphatic rings. The van der Waals surface area contributed by atoms with E-state index in [4.69, 9.17) is 4.74 Å². The first-order valence-electron chi connectivity index (χ1n) is 7.48. The molecule has 0 saturated carbocycles. The average molecular weight is 308 g/mol. The fraction of sp³-hybridized carbons (Fsp3) is 0.533. The maximum absolute atomic E-state index is 12.0. The number of likely N-dealkylation sites (tertiary alicyclic amines) is 1. The van der Waals surface area contributed by atoms with Crippen LogP contribution >= 0.6 is 0 Å². The van der Waals surface area contributed by atoms with Crippen LogP contribution in [0.15, 0.2) is 18.2 Å². The molecule has 1 fully saturated rings. The van der Waals surface area contributed by atoms with Crippen LogP contribution in [0.25, 0.3) is 0 Å². The maximum Gasteiger partial charge on any atom is 0.364 e. The molecule has 0 aromatic heterocycles. The minimum Gasteiger partial charge on any atom is -0.868 e. The van der Waals surface area contributed by atoms with Crippen LogP contribution in [0, 0.1) is 10.1 Å². The fourth-order valence-corrected chi connectivity index (χ4v) is 2.90. The van der Waals surface area contributed by atoms with Gasteiger partial charge in [-0.25, -0.2) is 4.79 Å². The second-order valence-electron chi connectivity index (χ2n) is 5.44. The average Bonchev–Trinajstić information content (AvgIpc) is 2.49. The summed E-state index contributed by atoms with van der Waals surface area (Å²) in [4.78, 5) is 23.2. The summed E-state index contributed by atoms with van der Waals surface area (Å²) in [7, 11) is 0. The van der Waals surface area contributed by atoms with Crippen LogP contribution in [0.4, 0.5) is 5.69 Å². The molecule has 1 N–H and O–H groups in total. The van der Waals surface area contributed by atoms with Gasteiger partial charge < -0.3 is 14.7 Å².